The Morgan fingerprint density at radius 3 is 3.00 bits per heavy atom. The smallest absolute Gasteiger partial charge is 0.0681 e. The van der Waals surface area contributed by atoms with E-state index in [-0.39, 0.29) is 0 Å². The number of nitrogens with zero attached hydrogens (tertiary/aromatic N) is 2. The second-order valence-corrected chi connectivity index (χ2v) is 5.06. The first-order valence-corrected chi connectivity index (χ1v) is 6.44. The number of benzene rings is 1. The van der Waals surface area contributed by atoms with Gasteiger partial charge in [0.2, 0.25) is 0 Å². The van der Waals surface area contributed by atoms with Crippen molar-refractivity contribution in [1.29, 1.82) is 0 Å². The number of piperidine rings is 1. The van der Waals surface area contributed by atoms with E-state index >= 15 is 0 Å². The Labute approximate surface area is 102 Å². The van der Waals surface area contributed by atoms with E-state index in [1.807, 2.05) is 17.9 Å². The molecule has 3 nitrogen and oxygen atoms in total. The van der Waals surface area contributed by atoms with Gasteiger partial charge in [-0.05, 0) is 49.9 Å². The number of hydrogen-bond acceptors (Lipinski definition) is 2. The van der Waals surface area contributed by atoms with Gasteiger partial charge < -0.3 is 5.32 Å². The highest BCUT2D eigenvalue weighted by Gasteiger charge is 2.13. The van der Waals surface area contributed by atoms with E-state index in [1.54, 1.807) is 0 Å². The Balaban J connectivity index is 1.82. The first-order valence-electron chi connectivity index (χ1n) is 6.44. The first-order chi connectivity index (χ1) is 8.33. The van der Waals surface area contributed by atoms with Gasteiger partial charge in [0.05, 0.1) is 11.7 Å². The number of aryl methyl sites for hydroxylation is 1. The number of nitrogens with one attached hydrogen (secondary N) is 1. The minimum Gasteiger partial charge on any atom is -0.317 e. The van der Waals surface area contributed by atoms with Crippen molar-refractivity contribution in [2.45, 2.75) is 19.3 Å². The fourth-order valence-electron chi connectivity index (χ4n) is 2.74. The van der Waals surface area contributed by atoms with Crippen molar-refractivity contribution < 1.29 is 0 Å². The van der Waals surface area contributed by atoms with Crippen molar-refractivity contribution in [3.63, 3.8) is 0 Å². The summed E-state index contributed by atoms with van der Waals surface area (Å²) in [5.74, 6) is 0.849. The molecule has 1 aromatic carbocycles. The van der Waals surface area contributed by atoms with Crippen LogP contribution in [0.3, 0.4) is 0 Å². The summed E-state index contributed by atoms with van der Waals surface area (Å²) in [6, 6.07) is 6.75. The van der Waals surface area contributed by atoms with Gasteiger partial charge in [0.25, 0.3) is 0 Å². The molecule has 0 radical (unpaired) electrons. The molecule has 3 rings (SSSR count). The van der Waals surface area contributed by atoms with Crippen LogP contribution in [-0.2, 0) is 13.5 Å². The summed E-state index contributed by atoms with van der Waals surface area (Å²) in [5, 5.41) is 8.95. The van der Waals surface area contributed by atoms with Crippen molar-refractivity contribution in [3.8, 4) is 0 Å². The van der Waals surface area contributed by atoms with Crippen LogP contribution in [0.1, 0.15) is 18.4 Å². The molecule has 17 heavy (non-hydrogen) atoms. The molecule has 1 saturated heterocycles. The van der Waals surface area contributed by atoms with Gasteiger partial charge in [-0.1, -0.05) is 12.1 Å². The molecule has 1 aliphatic heterocycles. The van der Waals surface area contributed by atoms with Crippen molar-refractivity contribution in [1.82, 2.24) is 15.1 Å². The van der Waals surface area contributed by atoms with Crippen LogP contribution in [0.5, 0.6) is 0 Å². The summed E-state index contributed by atoms with van der Waals surface area (Å²) in [6.07, 6.45) is 5.76. The average molecular weight is 229 g/mol. The zero-order chi connectivity index (χ0) is 11.7. The number of aromatic nitrogens is 2. The van der Waals surface area contributed by atoms with Crippen LogP contribution in [0.15, 0.2) is 24.4 Å². The van der Waals surface area contributed by atoms with Crippen LogP contribution in [-0.4, -0.2) is 22.9 Å². The van der Waals surface area contributed by atoms with Crippen molar-refractivity contribution in [2.75, 3.05) is 13.1 Å². The second kappa shape index (κ2) is 4.49. The van der Waals surface area contributed by atoms with Crippen molar-refractivity contribution in [3.05, 3.63) is 30.0 Å². The maximum atomic E-state index is 4.29. The fourth-order valence-corrected chi connectivity index (χ4v) is 2.74. The monoisotopic (exact) mass is 229 g/mol. The summed E-state index contributed by atoms with van der Waals surface area (Å²) in [5.41, 5.74) is 2.70. The lowest BCUT2D eigenvalue weighted by Gasteiger charge is -2.22. The van der Waals surface area contributed by atoms with Crippen LogP contribution in [0.4, 0.5) is 0 Å². The molecular formula is C14H19N3. The Morgan fingerprint density at radius 1 is 1.35 bits per heavy atom. The van der Waals surface area contributed by atoms with Gasteiger partial charge in [0, 0.05) is 12.4 Å². The highest BCUT2D eigenvalue weighted by atomic mass is 15.2. The predicted octanol–water partition coefficient (Wildman–Crippen LogP) is 2.12. The Morgan fingerprint density at radius 2 is 2.18 bits per heavy atom. The van der Waals surface area contributed by atoms with Crippen LogP contribution >= 0.6 is 0 Å². The van der Waals surface area contributed by atoms with Crippen LogP contribution in [0.25, 0.3) is 10.9 Å². The van der Waals surface area contributed by atoms with E-state index in [0.717, 1.165) is 5.92 Å². The molecule has 1 aliphatic rings. The molecular weight excluding hydrogens is 210 g/mol. The number of rotatable bonds is 2. The zero-order valence-electron chi connectivity index (χ0n) is 10.3. The lowest BCUT2D eigenvalue weighted by molar-refractivity contribution is 0.373. The van der Waals surface area contributed by atoms with Gasteiger partial charge in [-0.25, -0.2) is 0 Å². The van der Waals surface area contributed by atoms with E-state index in [4.69, 9.17) is 0 Å². The molecule has 0 aliphatic carbocycles. The van der Waals surface area contributed by atoms with E-state index in [0.29, 0.717) is 0 Å². The fraction of sp³-hybridized carbons (Fsp3) is 0.500. The predicted molar refractivity (Wildman–Crippen MR) is 70.0 cm³/mol. The topological polar surface area (TPSA) is 29.9 Å². The molecule has 90 valence electrons. The number of fused-ring (bicyclic) bond motifs is 1. The van der Waals surface area contributed by atoms with Crippen molar-refractivity contribution >= 4 is 10.9 Å². The third-order valence-electron chi connectivity index (χ3n) is 3.80. The maximum Gasteiger partial charge on any atom is 0.0681 e. The molecule has 1 aromatic heterocycles. The Kier molecular flexibility index (Phi) is 2.85. The standard InChI is InChI=1S/C14H19N3/c1-17-14-9-12(2-3-13(14)10-16-17)8-11-4-6-15-7-5-11/h2-3,9-11,15H,4-8H2,1H3. The maximum absolute atomic E-state index is 4.29. The van der Waals surface area contributed by atoms with Crippen LogP contribution < -0.4 is 5.32 Å². The highest BCUT2D eigenvalue weighted by Crippen LogP contribution is 2.21. The van der Waals surface area contributed by atoms with Gasteiger partial charge in [0.1, 0.15) is 0 Å². The van der Waals surface area contributed by atoms with Crippen LogP contribution in [0.2, 0.25) is 0 Å². The molecule has 2 heterocycles. The van der Waals surface area contributed by atoms with Gasteiger partial charge in [0.15, 0.2) is 0 Å². The quantitative estimate of drug-likeness (QED) is 0.855. The Bertz CT molecular complexity index is 509. The zero-order valence-corrected chi connectivity index (χ0v) is 10.3. The summed E-state index contributed by atoms with van der Waals surface area (Å²) < 4.78 is 1.96. The van der Waals surface area contributed by atoms with Gasteiger partial charge in [-0.3, -0.25) is 4.68 Å². The molecule has 0 atom stereocenters. The van der Waals surface area contributed by atoms with E-state index in [9.17, 15) is 0 Å². The third kappa shape index (κ3) is 2.20. The Hall–Kier alpha value is -1.35. The summed E-state index contributed by atoms with van der Waals surface area (Å²) >= 11 is 0. The van der Waals surface area contributed by atoms with E-state index in [2.05, 4.69) is 28.6 Å². The molecule has 0 unspecified atom stereocenters. The van der Waals surface area contributed by atoms with E-state index < -0.39 is 0 Å². The molecule has 3 heteroatoms. The lowest BCUT2D eigenvalue weighted by atomic mass is 9.91. The minimum absolute atomic E-state index is 0.849. The third-order valence-corrected chi connectivity index (χ3v) is 3.80. The molecule has 1 fully saturated rings. The lowest BCUT2D eigenvalue weighted by Crippen LogP contribution is -2.28. The minimum atomic E-state index is 0.849. The molecule has 0 amide bonds. The second-order valence-electron chi connectivity index (χ2n) is 5.06. The molecule has 0 bridgehead atoms. The van der Waals surface area contributed by atoms with Gasteiger partial charge >= 0.3 is 0 Å². The van der Waals surface area contributed by atoms with Gasteiger partial charge in [-0.2, -0.15) is 5.10 Å². The van der Waals surface area contributed by atoms with Crippen molar-refractivity contribution in [2.24, 2.45) is 13.0 Å². The van der Waals surface area contributed by atoms with Gasteiger partial charge in [-0.15, -0.1) is 0 Å². The molecule has 2 aromatic rings. The largest absolute Gasteiger partial charge is 0.317 e. The highest BCUT2D eigenvalue weighted by molar-refractivity contribution is 5.79. The summed E-state index contributed by atoms with van der Waals surface area (Å²) in [4.78, 5) is 0. The SMILES string of the molecule is Cn1ncc2ccc(CC3CCNCC3)cc21. The molecule has 1 N–H and O–H groups in total. The van der Waals surface area contributed by atoms with Crippen LogP contribution in [0, 0.1) is 5.92 Å². The normalized spacial score (nSPS) is 17.7. The first kappa shape index (κ1) is 10.8. The average Bonchev–Trinajstić information content (AvgIpc) is 2.73. The molecule has 0 spiro atoms. The summed E-state index contributed by atoms with van der Waals surface area (Å²) in [6.45, 7) is 2.36. The summed E-state index contributed by atoms with van der Waals surface area (Å²) in [7, 11) is 2.01. The molecule has 0 saturated carbocycles. The van der Waals surface area contributed by atoms with E-state index in [1.165, 1.54) is 48.8 Å². The number of hydrogen-bond donors (Lipinski definition) is 1.